The van der Waals surface area contributed by atoms with Gasteiger partial charge in [-0.2, -0.15) is 0 Å². The van der Waals surface area contributed by atoms with Crippen molar-refractivity contribution in [3.63, 3.8) is 0 Å². The summed E-state index contributed by atoms with van der Waals surface area (Å²) in [5.41, 5.74) is 1.01. The molecule has 0 aromatic heterocycles. The Kier molecular flexibility index (Phi) is 6.93. The summed E-state index contributed by atoms with van der Waals surface area (Å²) in [6, 6.07) is 9.56. The fourth-order valence-electron chi connectivity index (χ4n) is 1.66. The highest BCUT2D eigenvalue weighted by Gasteiger charge is 2.27. The lowest BCUT2D eigenvalue weighted by molar-refractivity contribution is -0.289. The van der Waals surface area contributed by atoms with Gasteiger partial charge in [-0.05, 0) is 19.4 Å². The number of hydrogen-bond donors (Lipinski definition) is 1. The lowest BCUT2D eigenvalue weighted by Gasteiger charge is -2.22. The van der Waals surface area contributed by atoms with Crippen molar-refractivity contribution in [1.29, 1.82) is 0 Å². The molecule has 110 valence electrons. The number of ether oxygens (including phenoxy) is 2. The predicted molar refractivity (Wildman–Crippen MR) is 74.0 cm³/mol. The van der Waals surface area contributed by atoms with Crippen LogP contribution in [0.4, 0.5) is 0 Å². The van der Waals surface area contributed by atoms with E-state index in [2.05, 4.69) is 11.5 Å². The number of rotatable bonds is 8. The molecule has 2 atom stereocenters. The summed E-state index contributed by atoms with van der Waals surface area (Å²) >= 11 is 0. The molecule has 1 N–H and O–H groups in total. The average Bonchev–Trinajstić information content (AvgIpc) is 2.47. The molecule has 0 aliphatic heterocycles. The van der Waals surface area contributed by atoms with Crippen LogP contribution in [0.1, 0.15) is 19.4 Å². The molecule has 0 heterocycles. The van der Waals surface area contributed by atoms with E-state index >= 15 is 0 Å². The lowest BCUT2D eigenvalue weighted by atomic mass is 10.1. The standard InChI is InChI=1S/C15H20O5/c1-4-18-15(16)11(2)14(20-17)12(3)19-10-13-8-6-5-7-9-13/h5-9,12,14,17H,2,4,10H2,1,3H3/t12-,14-/m0/s1. The van der Waals surface area contributed by atoms with Crippen LogP contribution in [-0.2, 0) is 25.8 Å². The molecule has 1 aromatic rings. The van der Waals surface area contributed by atoms with Crippen LogP contribution in [0.15, 0.2) is 42.5 Å². The summed E-state index contributed by atoms with van der Waals surface area (Å²) in [6.45, 7) is 7.54. The second-order valence-electron chi connectivity index (χ2n) is 4.27. The predicted octanol–water partition coefficient (Wildman–Crippen LogP) is 2.57. The van der Waals surface area contributed by atoms with Crippen molar-refractivity contribution < 1.29 is 24.4 Å². The minimum atomic E-state index is -0.960. The summed E-state index contributed by atoms with van der Waals surface area (Å²) in [6.07, 6.45) is -1.50. The molecule has 0 aliphatic rings. The molecule has 0 aliphatic carbocycles. The Morgan fingerprint density at radius 2 is 2.00 bits per heavy atom. The van der Waals surface area contributed by atoms with Crippen LogP contribution in [-0.4, -0.2) is 30.0 Å². The van der Waals surface area contributed by atoms with Gasteiger partial charge in [-0.1, -0.05) is 36.9 Å². The smallest absolute Gasteiger partial charge is 0.336 e. The van der Waals surface area contributed by atoms with E-state index < -0.39 is 18.2 Å². The van der Waals surface area contributed by atoms with E-state index in [0.29, 0.717) is 6.61 Å². The Bertz CT molecular complexity index is 429. The van der Waals surface area contributed by atoms with Gasteiger partial charge in [0.05, 0.1) is 24.9 Å². The normalized spacial score (nSPS) is 13.6. The van der Waals surface area contributed by atoms with E-state index in [1.165, 1.54) is 0 Å². The van der Waals surface area contributed by atoms with E-state index in [1.807, 2.05) is 30.3 Å². The molecule has 0 amide bonds. The number of benzene rings is 1. The molecule has 5 nitrogen and oxygen atoms in total. The molecule has 0 saturated heterocycles. The van der Waals surface area contributed by atoms with E-state index in [-0.39, 0.29) is 12.2 Å². The molecule has 0 saturated carbocycles. The van der Waals surface area contributed by atoms with Crippen LogP contribution < -0.4 is 0 Å². The van der Waals surface area contributed by atoms with Crippen molar-refractivity contribution in [3.05, 3.63) is 48.0 Å². The van der Waals surface area contributed by atoms with Gasteiger partial charge in [0.15, 0.2) is 0 Å². The minimum absolute atomic E-state index is 0.0231. The first-order valence-corrected chi connectivity index (χ1v) is 6.41. The minimum Gasteiger partial charge on any atom is -0.463 e. The Morgan fingerprint density at radius 1 is 1.35 bits per heavy atom. The third-order valence-corrected chi connectivity index (χ3v) is 2.78. The van der Waals surface area contributed by atoms with Crippen LogP contribution in [0.3, 0.4) is 0 Å². The SMILES string of the molecule is C=C(C(=O)OCC)[C@H](OO)[C@H](C)OCc1ccccc1. The van der Waals surface area contributed by atoms with Gasteiger partial charge in [0.2, 0.25) is 0 Å². The van der Waals surface area contributed by atoms with Gasteiger partial charge in [-0.25, -0.2) is 9.68 Å². The van der Waals surface area contributed by atoms with E-state index in [4.69, 9.17) is 14.7 Å². The van der Waals surface area contributed by atoms with Gasteiger partial charge in [-0.15, -0.1) is 0 Å². The molecule has 0 fully saturated rings. The molecule has 0 bridgehead atoms. The Balaban J connectivity index is 2.56. The second-order valence-corrected chi connectivity index (χ2v) is 4.27. The zero-order valence-corrected chi connectivity index (χ0v) is 11.7. The van der Waals surface area contributed by atoms with Gasteiger partial charge >= 0.3 is 5.97 Å². The maximum Gasteiger partial charge on any atom is 0.336 e. The van der Waals surface area contributed by atoms with Crippen molar-refractivity contribution >= 4 is 5.97 Å². The molecule has 1 rings (SSSR count). The first kappa shape index (κ1) is 16.4. The molecule has 0 radical (unpaired) electrons. The van der Waals surface area contributed by atoms with Crippen molar-refractivity contribution in [2.45, 2.75) is 32.7 Å². The van der Waals surface area contributed by atoms with E-state index in [9.17, 15) is 4.79 Å². The number of esters is 1. The summed E-state index contributed by atoms with van der Waals surface area (Å²) in [5, 5.41) is 8.93. The van der Waals surface area contributed by atoms with Crippen LogP contribution >= 0.6 is 0 Å². The highest BCUT2D eigenvalue weighted by molar-refractivity contribution is 5.88. The average molecular weight is 280 g/mol. The second kappa shape index (κ2) is 8.47. The summed E-state index contributed by atoms with van der Waals surface area (Å²) in [5.74, 6) is -0.610. The summed E-state index contributed by atoms with van der Waals surface area (Å²) in [7, 11) is 0. The molecular formula is C15H20O5. The van der Waals surface area contributed by atoms with Gasteiger partial charge in [-0.3, -0.25) is 5.26 Å². The molecule has 0 spiro atoms. The monoisotopic (exact) mass is 280 g/mol. The lowest BCUT2D eigenvalue weighted by Crippen LogP contribution is -2.33. The van der Waals surface area contributed by atoms with Gasteiger partial charge in [0, 0.05) is 0 Å². The zero-order valence-electron chi connectivity index (χ0n) is 11.7. The Morgan fingerprint density at radius 3 is 2.55 bits per heavy atom. The van der Waals surface area contributed by atoms with Crippen molar-refractivity contribution in [1.82, 2.24) is 0 Å². The zero-order chi connectivity index (χ0) is 15.0. The topological polar surface area (TPSA) is 65.0 Å². The number of carbonyl (C=O) groups is 1. The molecule has 0 unspecified atom stereocenters. The molecule has 5 heteroatoms. The maximum absolute atomic E-state index is 11.6. The van der Waals surface area contributed by atoms with Crippen molar-refractivity contribution in [3.8, 4) is 0 Å². The fourth-order valence-corrected chi connectivity index (χ4v) is 1.66. The van der Waals surface area contributed by atoms with Crippen LogP contribution in [0.5, 0.6) is 0 Å². The van der Waals surface area contributed by atoms with Crippen LogP contribution in [0.25, 0.3) is 0 Å². The van der Waals surface area contributed by atoms with Crippen LogP contribution in [0, 0.1) is 0 Å². The molecular weight excluding hydrogens is 260 g/mol. The fraction of sp³-hybridized carbons (Fsp3) is 0.400. The van der Waals surface area contributed by atoms with Crippen molar-refractivity contribution in [2.24, 2.45) is 0 Å². The van der Waals surface area contributed by atoms with E-state index in [1.54, 1.807) is 13.8 Å². The highest BCUT2D eigenvalue weighted by Crippen LogP contribution is 2.15. The largest absolute Gasteiger partial charge is 0.463 e. The Hall–Kier alpha value is -1.69. The summed E-state index contributed by atoms with van der Waals surface area (Å²) in [4.78, 5) is 15.9. The third kappa shape index (κ3) is 4.77. The van der Waals surface area contributed by atoms with E-state index in [0.717, 1.165) is 5.56 Å². The first-order chi connectivity index (χ1) is 9.60. The quantitative estimate of drug-likeness (QED) is 0.343. The van der Waals surface area contributed by atoms with Gasteiger partial charge in [0.1, 0.15) is 6.10 Å². The third-order valence-electron chi connectivity index (χ3n) is 2.78. The Labute approximate surface area is 118 Å². The van der Waals surface area contributed by atoms with Crippen LogP contribution in [0.2, 0.25) is 0 Å². The van der Waals surface area contributed by atoms with Gasteiger partial charge in [0.25, 0.3) is 0 Å². The first-order valence-electron chi connectivity index (χ1n) is 6.41. The number of hydrogen-bond acceptors (Lipinski definition) is 5. The highest BCUT2D eigenvalue weighted by atomic mass is 17.1. The van der Waals surface area contributed by atoms with Crippen molar-refractivity contribution in [2.75, 3.05) is 6.61 Å². The molecule has 20 heavy (non-hydrogen) atoms. The summed E-state index contributed by atoms with van der Waals surface area (Å²) < 4.78 is 10.4. The number of carbonyl (C=O) groups excluding carboxylic acids is 1. The van der Waals surface area contributed by atoms with Gasteiger partial charge < -0.3 is 9.47 Å². The molecule has 1 aromatic carbocycles. The maximum atomic E-state index is 11.6.